The van der Waals surface area contributed by atoms with Crippen molar-refractivity contribution in [1.82, 2.24) is 9.80 Å². The van der Waals surface area contributed by atoms with Crippen LogP contribution < -0.4 is 0 Å². The van der Waals surface area contributed by atoms with Gasteiger partial charge in [0.1, 0.15) is 0 Å². The first-order chi connectivity index (χ1) is 9.64. The van der Waals surface area contributed by atoms with E-state index in [1.165, 1.54) is 4.90 Å². The minimum absolute atomic E-state index is 0.0331. The summed E-state index contributed by atoms with van der Waals surface area (Å²) in [6.07, 6.45) is 6.73. The third-order valence-electron chi connectivity index (χ3n) is 5.26. The van der Waals surface area contributed by atoms with Gasteiger partial charge in [-0.1, -0.05) is 12.8 Å². The van der Waals surface area contributed by atoms with Crippen LogP contribution in [0.3, 0.4) is 0 Å². The SMILES string of the molecule is COC1CCN(CN2C(=O)CC3(CCCC3)C2=O)CC1. The van der Waals surface area contributed by atoms with Crippen molar-refractivity contribution >= 4 is 11.8 Å². The molecular formula is C15H24N2O3. The van der Waals surface area contributed by atoms with Crippen LogP contribution in [0.4, 0.5) is 0 Å². The van der Waals surface area contributed by atoms with Crippen molar-refractivity contribution in [3.05, 3.63) is 0 Å². The lowest BCUT2D eigenvalue weighted by atomic mass is 9.85. The Hall–Kier alpha value is -0.940. The van der Waals surface area contributed by atoms with Crippen LogP contribution in [-0.4, -0.2) is 54.6 Å². The van der Waals surface area contributed by atoms with E-state index in [4.69, 9.17) is 4.74 Å². The van der Waals surface area contributed by atoms with Gasteiger partial charge in [-0.3, -0.25) is 19.4 Å². The molecule has 3 aliphatic rings. The second kappa shape index (κ2) is 5.45. The lowest BCUT2D eigenvalue weighted by molar-refractivity contribution is -0.144. The van der Waals surface area contributed by atoms with Crippen molar-refractivity contribution in [3.8, 4) is 0 Å². The molecule has 5 nitrogen and oxygen atoms in total. The number of likely N-dealkylation sites (tertiary alicyclic amines) is 2. The Labute approximate surface area is 120 Å². The molecule has 3 rings (SSSR count). The zero-order chi connectivity index (χ0) is 14.2. The lowest BCUT2D eigenvalue weighted by Gasteiger charge is -2.33. The maximum absolute atomic E-state index is 12.6. The predicted molar refractivity (Wildman–Crippen MR) is 73.8 cm³/mol. The average molecular weight is 280 g/mol. The molecule has 1 aliphatic carbocycles. The molecule has 1 saturated carbocycles. The number of carbonyl (C=O) groups is 2. The summed E-state index contributed by atoms with van der Waals surface area (Å²) >= 11 is 0. The number of piperidine rings is 1. The highest BCUT2D eigenvalue weighted by molar-refractivity contribution is 6.06. The molecule has 2 aliphatic heterocycles. The van der Waals surface area contributed by atoms with E-state index in [9.17, 15) is 9.59 Å². The van der Waals surface area contributed by atoms with Crippen LogP contribution in [-0.2, 0) is 14.3 Å². The highest BCUT2D eigenvalue weighted by Crippen LogP contribution is 2.46. The Kier molecular flexibility index (Phi) is 3.82. The van der Waals surface area contributed by atoms with Crippen molar-refractivity contribution in [3.63, 3.8) is 0 Å². The van der Waals surface area contributed by atoms with Crippen LogP contribution in [0.5, 0.6) is 0 Å². The van der Waals surface area contributed by atoms with Crippen LogP contribution in [0, 0.1) is 5.41 Å². The second-order valence-corrected chi connectivity index (χ2v) is 6.49. The fourth-order valence-electron chi connectivity index (χ4n) is 3.93. The van der Waals surface area contributed by atoms with Crippen LogP contribution in [0.15, 0.2) is 0 Å². The van der Waals surface area contributed by atoms with Gasteiger partial charge in [0.25, 0.3) is 0 Å². The highest BCUT2D eigenvalue weighted by Gasteiger charge is 2.52. The minimum atomic E-state index is -0.331. The summed E-state index contributed by atoms with van der Waals surface area (Å²) in [4.78, 5) is 28.5. The van der Waals surface area contributed by atoms with Crippen molar-refractivity contribution in [2.45, 2.75) is 51.0 Å². The molecule has 1 spiro atoms. The van der Waals surface area contributed by atoms with E-state index < -0.39 is 0 Å². The molecule has 0 aromatic rings. The number of methoxy groups -OCH3 is 1. The average Bonchev–Trinajstić information content (AvgIpc) is 3.01. The van der Waals surface area contributed by atoms with E-state index >= 15 is 0 Å². The van der Waals surface area contributed by atoms with Gasteiger partial charge in [-0.05, 0) is 25.7 Å². The summed E-state index contributed by atoms with van der Waals surface area (Å²) in [5, 5.41) is 0. The molecule has 20 heavy (non-hydrogen) atoms. The standard InChI is InChI=1S/C15H24N2O3/c1-20-12-4-8-16(9-5-12)11-17-13(18)10-15(14(17)19)6-2-3-7-15/h12H,2-11H2,1H3. The number of ether oxygens (including phenoxy) is 1. The van der Waals surface area contributed by atoms with E-state index in [2.05, 4.69) is 4.90 Å². The first kappa shape index (κ1) is 14.0. The number of hydrogen-bond donors (Lipinski definition) is 0. The molecule has 2 amide bonds. The molecule has 2 heterocycles. The molecule has 2 saturated heterocycles. The van der Waals surface area contributed by atoms with Gasteiger partial charge >= 0.3 is 0 Å². The van der Waals surface area contributed by atoms with Crippen LogP contribution >= 0.6 is 0 Å². The minimum Gasteiger partial charge on any atom is -0.381 e. The first-order valence-corrected chi connectivity index (χ1v) is 7.75. The van der Waals surface area contributed by atoms with E-state index in [0.717, 1.165) is 51.6 Å². The number of rotatable bonds is 3. The molecule has 112 valence electrons. The van der Waals surface area contributed by atoms with Crippen LogP contribution in [0.1, 0.15) is 44.9 Å². The van der Waals surface area contributed by atoms with Gasteiger partial charge < -0.3 is 4.74 Å². The first-order valence-electron chi connectivity index (χ1n) is 7.75. The summed E-state index contributed by atoms with van der Waals surface area (Å²) in [7, 11) is 1.75. The summed E-state index contributed by atoms with van der Waals surface area (Å²) < 4.78 is 5.35. The molecular weight excluding hydrogens is 256 g/mol. The molecule has 0 unspecified atom stereocenters. The molecule has 5 heteroatoms. The normalized spacial score (nSPS) is 27.9. The number of amides is 2. The zero-order valence-corrected chi connectivity index (χ0v) is 12.3. The van der Waals surface area contributed by atoms with Gasteiger partial charge in [-0.15, -0.1) is 0 Å². The largest absolute Gasteiger partial charge is 0.381 e. The molecule has 0 bridgehead atoms. The van der Waals surface area contributed by atoms with Crippen LogP contribution in [0.25, 0.3) is 0 Å². The van der Waals surface area contributed by atoms with E-state index in [0.29, 0.717) is 19.2 Å². The summed E-state index contributed by atoms with van der Waals surface area (Å²) in [5.74, 6) is 0.125. The van der Waals surface area contributed by atoms with Crippen molar-refractivity contribution in [2.75, 3.05) is 26.9 Å². The van der Waals surface area contributed by atoms with Gasteiger partial charge in [-0.2, -0.15) is 0 Å². The van der Waals surface area contributed by atoms with Gasteiger partial charge in [0.15, 0.2) is 0 Å². The molecule has 0 N–H and O–H groups in total. The smallest absolute Gasteiger partial charge is 0.237 e. The number of carbonyl (C=O) groups excluding carboxylic acids is 2. The van der Waals surface area contributed by atoms with Gasteiger partial charge in [-0.25, -0.2) is 0 Å². The van der Waals surface area contributed by atoms with Crippen molar-refractivity contribution < 1.29 is 14.3 Å². The van der Waals surface area contributed by atoms with Gasteiger partial charge in [0.05, 0.1) is 18.2 Å². The molecule has 0 aromatic carbocycles. The maximum atomic E-state index is 12.6. The Morgan fingerprint density at radius 1 is 1.20 bits per heavy atom. The fraction of sp³-hybridized carbons (Fsp3) is 0.867. The number of nitrogens with zero attached hydrogens (tertiary/aromatic N) is 2. The number of imide groups is 1. The zero-order valence-electron chi connectivity index (χ0n) is 12.3. The second-order valence-electron chi connectivity index (χ2n) is 6.49. The van der Waals surface area contributed by atoms with Crippen molar-refractivity contribution in [2.24, 2.45) is 5.41 Å². The molecule has 0 atom stereocenters. The lowest BCUT2D eigenvalue weighted by Crippen LogP contribution is -2.46. The topological polar surface area (TPSA) is 49.9 Å². The predicted octanol–water partition coefficient (Wildman–Crippen LogP) is 1.37. The highest BCUT2D eigenvalue weighted by atomic mass is 16.5. The molecule has 0 aromatic heterocycles. The summed E-state index contributed by atoms with van der Waals surface area (Å²) in [6, 6.07) is 0. The van der Waals surface area contributed by atoms with Crippen molar-refractivity contribution in [1.29, 1.82) is 0 Å². The van der Waals surface area contributed by atoms with E-state index in [-0.39, 0.29) is 17.2 Å². The molecule has 0 radical (unpaired) electrons. The number of hydrogen-bond acceptors (Lipinski definition) is 4. The summed E-state index contributed by atoms with van der Waals surface area (Å²) in [5.41, 5.74) is -0.331. The van der Waals surface area contributed by atoms with Gasteiger partial charge in [0.2, 0.25) is 11.8 Å². The quantitative estimate of drug-likeness (QED) is 0.733. The summed E-state index contributed by atoms with van der Waals surface area (Å²) in [6.45, 7) is 2.29. The Morgan fingerprint density at radius 3 is 2.45 bits per heavy atom. The Balaban J connectivity index is 1.60. The fourth-order valence-corrected chi connectivity index (χ4v) is 3.93. The Bertz CT molecular complexity index is 396. The maximum Gasteiger partial charge on any atom is 0.237 e. The third-order valence-corrected chi connectivity index (χ3v) is 5.26. The van der Waals surface area contributed by atoms with Gasteiger partial charge in [0, 0.05) is 26.6 Å². The van der Waals surface area contributed by atoms with E-state index in [1.807, 2.05) is 0 Å². The van der Waals surface area contributed by atoms with E-state index in [1.54, 1.807) is 7.11 Å². The third kappa shape index (κ3) is 2.37. The Morgan fingerprint density at radius 2 is 1.85 bits per heavy atom. The monoisotopic (exact) mass is 280 g/mol. The molecule has 3 fully saturated rings. The van der Waals surface area contributed by atoms with Crippen LogP contribution in [0.2, 0.25) is 0 Å².